The fourth-order valence-electron chi connectivity index (χ4n) is 3.04. The summed E-state index contributed by atoms with van der Waals surface area (Å²) in [5.41, 5.74) is 0.463. The van der Waals surface area contributed by atoms with E-state index in [0.717, 1.165) is 18.8 Å². The molecule has 0 fully saturated rings. The molecule has 2 N–H and O–H groups in total. The Kier molecular flexibility index (Phi) is 18.3. The number of hydrogen-bond donors (Lipinski definition) is 2. The molecule has 1 atom stereocenters. The van der Waals surface area contributed by atoms with E-state index < -0.39 is 0 Å². The van der Waals surface area contributed by atoms with E-state index >= 15 is 0 Å². The van der Waals surface area contributed by atoms with Crippen molar-refractivity contribution in [3.8, 4) is 0 Å². The zero-order valence-electron chi connectivity index (χ0n) is 17.0. The summed E-state index contributed by atoms with van der Waals surface area (Å²) in [4.78, 5) is 0. The van der Waals surface area contributed by atoms with E-state index in [1.807, 2.05) is 0 Å². The monoisotopic (exact) mass is 330 g/mol. The SMILES string of the molecule is CC(C)CCCCCCO.CCCCC(C)(C)CC(C)CCO. The quantitative estimate of drug-likeness (QED) is 0.395. The highest BCUT2D eigenvalue weighted by Gasteiger charge is 2.19. The van der Waals surface area contributed by atoms with Gasteiger partial charge in [0.25, 0.3) is 0 Å². The van der Waals surface area contributed by atoms with Gasteiger partial charge in [-0.3, -0.25) is 0 Å². The molecular weight excluding hydrogens is 284 g/mol. The molecule has 2 nitrogen and oxygen atoms in total. The third kappa shape index (κ3) is 21.9. The summed E-state index contributed by atoms with van der Waals surface area (Å²) < 4.78 is 0. The van der Waals surface area contributed by atoms with Gasteiger partial charge in [-0.2, -0.15) is 0 Å². The van der Waals surface area contributed by atoms with Gasteiger partial charge in [0.1, 0.15) is 0 Å². The Hall–Kier alpha value is -0.0800. The maximum absolute atomic E-state index is 8.81. The molecule has 0 aliphatic carbocycles. The fraction of sp³-hybridized carbons (Fsp3) is 1.00. The van der Waals surface area contributed by atoms with Crippen LogP contribution in [0.15, 0.2) is 0 Å². The number of unbranched alkanes of at least 4 members (excludes halogenated alkanes) is 4. The smallest absolute Gasteiger partial charge is 0.0433 e. The normalized spacial score (nSPS) is 12.9. The standard InChI is InChI=1S/C12H26O.C9H20O/c1-5-6-8-12(3,4)10-11(2)7-9-13;1-9(2)7-5-3-4-6-8-10/h11,13H,5-10H2,1-4H3;9-10H,3-8H2,1-2H3. The van der Waals surface area contributed by atoms with Crippen LogP contribution in [0.2, 0.25) is 0 Å². The van der Waals surface area contributed by atoms with Crippen LogP contribution in [-0.2, 0) is 0 Å². The molecule has 0 aliphatic heterocycles. The lowest BCUT2D eigenvalue weighted by Crippen LogP contribution is -2.16. The summed E-state index contributed by atoms with van der Waals surface area (Å²) in [6, 6.07) is 0. The van der Waals surface area contributed by atoms with Crippen molar-refractivity contribution >= 4 is 0 Å². The maximum Gasteiger partial charge on any atom is 0.0433 e. The van der Waals surface area contributed by atoms with Crippen molar-refractivity contribution in [1.82, 2.24) is 0 Å². The highest BCUT2D eigenvalue weighted by atomic mass is 16.3. The molecule has 0 aromatic rings. The number of aliphatic hydroxyl groups is 2. The zero-order chi connectivity index (χ0) is 18.1. The number of hydrogen-bond acceptors (Lipinski definition) is 2. The molecule has 0 spiro atoms. The summed E-state index contributed by atoms with van der Waals surface area (Å²) in [6.07, 6.45) is 12.3. The van der Waals surface area contributed by atoms with Crippen molar-refractivity contribution in [3.63, 3.8) is 0 Å². The molecule has 0 amide bonds. The maximum atomic E-state index is 8.81. The van der Waals surface area contributed by atoms with E-state index in [9.17, 15) is 0 Å². The van der Waals surface area contributed by atoms with Crippen LogP contribution in [-0.4, -0.2) is 23.4 Å². The van der Waals surface area contributed by atoms with Crippen LogP contribution in [0.5, 0.6) is 0 Å². The van der Waals surface area contributed by atoms with Crippen molar-refractivity contribution in [2.45, 2.75) is 106 Å². The molecule has 0 rings (SSSR count). The molecule has 0 aromatic heterocycles. The van der Waals surface area contributed by atoms with E-state index in [-0.39, 0.29) is 0 Å². The molecule has 0 aromatic carbocycles. The van der Waals surface area contributed by atoms with Crippen LogP contribution in [0.3, 0.4) is 0 Å². The van der Waals surface area contributed by atoms with Crippen LogP contribution in [0.25, 0.3) is 0 Å². The molecule has 2 heteroatoms. The molecule has 0 bridgehead atoms. The lowest BCUT2D eigenvalue weighted by Gasteiger charge is -2.27. The van der Waals surface area contributed by atoms with E-state index in [1.54, 1.807) is 0 Å². The van der Waals surface area contributed by atoms with Gasteiger partial charge in [0.15, 0.2) is 0 Å². The van der Waals surface area contributed by atoms with E-state index in [0.29, 0.717) is 24.5 Å². The van der Waals surface area contributed by atoms with Crippen molar-refractivity contribution in [1.29, 1.82) is 0 Å². The second-order valence-electron chi connectivity index (χ2n) is 8.41. The molecular formula is C21H46O2. The minimum Gasteiger partial charge on any atom is -0.396 e. The largest absolute Gasteiger partial charge is 0.396 e. The Morgan fingerprint density at radius 3 is 1.87 bits per heavy atom. The third-order valence-corrected chi connectivity index (χ3v) is 4.42. The average Bonchev–Trinajstić information content (AvgIpc) is 2.45. The lowest BCUT2D eigenvalue weighted by atomic mass is 9.78. The second kappa shape index (κ2) is 16.8. The average molecular weight is 331 g/mol. The van der Waals surface area contributed by atoms with Crippen LogP contribution >= 0.6 is 0 Å². The Bertz CT molecular complexity index is 224. The second-order valence-corrected chi connectivity index (χ2v) is 8.41. The number of rotatable bonds is 13. The predicted octanol–water partition coefficient (Wildman–Crippen LogP) is 6.20. The van der Waals surface area contributed by atoms with Crippen molar-refractivity contribution in [2.24, 2.45) is 17.3 Å². The van der Waals surface area contributed by atoms with Gasteiger partial charge < -0.3 is 10.2 Å². The van der Waals surface area contributed by atoms with Crippen molar-refractivity contribution < 1.29 is 10.2 Å². The van der Waals surface area contributed by atoms with Crippen LogP contribution in [0.1, 0.15) is 106 Å². The van der Waals surface area contributed by atoms with E-state index in [2.05, 4.69) is 41.5 Å². The Labute approximate surface area is 147 Å². The van der Waals surface area contributed by atoms with E-state index in [4.69, 9.17) is 10.2 Å². The summed E-state index contributed by atoms with van der Waals surface area (Å²) >= 11 is 0. The first-order chi connectivity index (χ1) is 10.8. The van der Waals surface area contributed by atoms with E-state index in [1.165, 1.54) is 51.4 Å². The summed E-state index contributed by atoms with van der Waals surface area (Å²) in [6.45, 7) is 14.4. The molecule has 142 valence electrons. The molecule has 23 heavy (non-hydrogen) atoms. The summed E-state index contributed by atoms with van der Waals surface area (Å²) in [5, 5.41) is 17.3. The van der Waals surface area contributed by atoms with Crippen LogP contribution in [0.4, 0.5) is 0 Å². The van der Waals surface area contributed by atoms with Crippen LogP contribution in [0, 0.1) is 17.3 Å². The molecule has 0 saturated carbocycles. The van der Waals surface area contributed by atoms with Gasteiger partial charge in [0.2, 0.25) is 0 Å². The van der Waals surface area contributed by atoms with Gasteiger partial charge in [-0.25, -0.2) is 0 Å². The van der Waals surface area contributed by atoms with Gasteiger partial charge in [-0.15, -0.1) is 0 Å². The Balaban J connectivity index is 0. The Morgan fingerprint density at radius 1 is 0.783 bits per heavy atom. The lowest BCUT2D eigenvalue weighted by molar-refractivity contribution is 0.205. The fourth-order valence-corrected chi connectivity index (χ4v) is 3.04. The highest BCUT2D eigenvalue weighted by molar-refractivity contribution is 4.71. The topological polar surface area (TPSA) is 40.5 Å². The van der Waals surface area contributed by atoms with Crippen molar-refractivity contribution in [3.05, 3.63) is 0 Å². The Morgan fingerprint density at radius 2 is 1.39 bits per heavy atom. The van der Waals surface area contributed by atoms with Gasteiger partial charge in [-0.1, -0.05) is 80.1 Å². The first-order valence-corrected chi connectivity index (χ1v) is 10.0. The molecule has 0 heterocycles. The van der Waals surface area contributed by atoms with Crippen LogP contribution < -0.4 is 0 Å². The van der Waals surface area contributed by atoms with Gasteiger partial charge in [0, 0.05) is 13.2 Å². The minimum atomic E-state index is 0.338. The number of aliphatic hydroxyl groups excluding tert-OH is 2. The predicted molar refractivity (Wildman–Crippen MR) is 104 cm³/mol. The first-order valence-electron chi connectivity index (χ1n) is 10.0. The summed E-state index contributed by atoms with van der Waals surface area (Å²) in [5.74, 6) is 1.51. The summed E-state index contributed by atoms with van der Waals surface area (Å²) in [7, 11) is 0. The zero-order valence-corrected chi connectivity index (χ0v) is 17.0. The van der Waals surface area contributed by atoms with Gasteiger partial charge in [-0.05, 0) is 42.9 Å². The van der Waals surface area contributed by atoms with Gasteiger partial charge >= 0.3 is 0 Å². The highest BCUT2D eigenvalue weighted by Crippen LogP contribution is 2.32. The molecule has 0 saturated heterocycles. The first kappa shape index (κ1) is 25.2. The minimum absolute atomic E-state index is 0.338. The molecule has 1 unspecified atom stereocenters. The van der Waals surface area contributed by atoms with Gasteiger partial charge in [0.05, 0.1) is 0 Å². The third-order valence-electron chi connectivity index (χ3n) is 4.42. The molecule has 0 aliphatic rings. The van der Waals surface area contributed by atoms with Crippen molar-refractivity contribution in [2.75, 3.05) is 13.2 Å². The molecule has 0 radical (unpaired) electrons.